The first kappa shape index (κ1) is 22.3. The Labute approximate surface area is 190 Å². The summed E-state index contributed by atoms with van der Waals surface area (Å²) in [7, 11) is 0. The van der Waals surface area contributed by atoms with E-state index in [1.807, 2.05) is 38.1 Å². The topological polar surface area (TPSA) is 77.6 Å². The summed E-state index contributed by atoms with van der Waals surface area (Å²) in [6.07, 6.45) is 3.47. The smallest absolute Gasteiger partial charge is 0.276 e. The number of hydrogen-bond donors (Lipinski definition) is 1. The Morgan fingerprint density at radius 1 is 1.12 bits per heavy atom. The van der Waals surface area contributed by atoms with Crippen LogP contribution in [0.3, 0.4) is 0 Å². The molecule has 1 amide bonds. The summed E-state index contributed by atoms with van der Waals surface area (Å²) in [5, 5.41) is 7.37. The van der Waals surface area contributed by atoms with Gasteiger partial charge in [-0.25, -0.2) is 8.91 Å². The van der Waals surface area contributed by atoms with Crippen molar-refractivity contribution in [2.24, 2.45) is 0 Å². The zero-order chi connectivity index (χ0) is 23.4. The molecule has 0 aliphatic rings. The third kappa shape index (κ3) is 5.11. The van der Waals surface area contributed by atoms with Crippen LogP contribution in [0.1, 0.15) is 31.9 Å². The monoisotopic (exact) mass is 448 g/mol. The molecule has 1 N–H and O–H groups in total. The number of aryl methyl sites for hydroxylation is 1. The number of ether oxygens (including phenoxy) is 1. The third-order valence-electron chi connectivity index (χ3n) is 5.39. The molecule has 0 bridgehead atoms. The first-order valence-corrected chi connectivity index (χ1v) is 10.8. The van der Waals surface area contributed by atoms with E-state index in [2.05, 4.69) is 10.4 Å². The summed E-state index contributed by atoms with van der Waals surface area (Å²) in [4.78, 5) is 25.3. The molecule has 0 fully saturated rings. The summed E-state index contributed by atoms with van der Waals surface area (Å²) in [6, 6.07) is 15.0. The molecule has 4 aromatic rings. The molecule has 0 saturated carbocycles. The summed E-state index contributed by atoms with van der Waals surface area (Å²) in [6.45, 7) is 4.59. The van der Waals surface area contributed by atoms with Gasteiger partial charge in [-0.15, -0.1) is 0 Å². The second-order valence-corrected chi connectivity index (χ2v) is 7.70. The minimum Gasteiger partial charge on any atom is -0.494 e. The maximum atomic E-state index is 13.1. The zero-order valence-corrected chi connectivity index (χ0v) is 18.5. The Bertz CT molecular complexity index is 1310. The van der Waals surface area contributed by atoms with Gasteiger partial charge in [0.2, 0.25) is 5.91 Å². The average molecular weight is 448 g/mol. The molecule has 8 heteroatoms. The van der Waals surface area contributed by atoms with E-state index in [9.17, 15) is 14.0 Å². The molecule has 33 heavy (non-hydrogen) atoms. The van der Waals surface area contributed by atoms with Crippen molar-refractivity contribution in [2.75, 3.05) is 6.61 Å². The molecular formula is C25H25FN4O3. The lowest BCUT2D eigenvalue weighted by molar-refractivity contribution is -0.121. The largest absolute Gasteiger partial charge is 0.494 e. The van der Waals surface area contributed by atoms with Crippen LogP contribution in [0.4, 0.5) is 4.39 Å². The van der Waals surface area contributed by atoms with Gasteiger partial charge in [0.05, 0.1) is 18.3 Å². The highest BCUT2D eigenvalue weighted by atomic mass is 19.1. The van der Waals surface area contributed by atoms with Crippen molar-refractivity contribution < 1.29 is 13.9 Å². The van der Waals surface area contributed by atoms with Crippen molar-refractivity contribution in [3.63, 3.8) is 0 Å². The Balaban J connectivity index is 1.44. The second kappa shape index (κ2) is 9.68. The van der Waals surface area contributed by atoms with Crippen LogP contribution in [0.5, 0.6) is 5.75 Å². The van der Waals surface area contributed by atoms with Crippen LogP contribution in [0.2, 0.25) is 0 Å². The zero-order valence-electron chi connectivity index (χ0n) is 18.5. The molecule has 170 valence electrons. The van der Waals surface area contributed by atoms with E-state index in [1.165, 1.54) is 16.7 Å². The summed E-state index contributed by atoms with van der Waals surface area (Å²) in [5.74, 6) is 0.263. The first-order chi connectivity index (χ1) is 15.9. The molecule has 0 unspecified atom stereocenters. The number of carbonyl (C=O) groups is 1. The molecule has 0 spiro atoms. The normalized spacial score (nSPS) is 12.0. The van der Waals surface area contributed by atoms with E-state index in [0.717, 1.165) is 16.9 Å². The fourth-order valence-electron chi connectivity index (χ4n) is 3.60. The van der Waals surface area contributed by atoms with Crippen molar-refractivity contribution >= 4 is 11.4 Å². The average Bonchev–Trinajstić information content (AvgIpc) is 3.25. The van der Waals surface area contributed by atoms with E-state index in [-0.39, 0.29) is 36.3 Å². The minimum absolute atomic E-state index is 0.140. The van der Waals surface area contributed by atoms with Gasteiger partial charge < -0.3 is 14.6 Å². The number of aromatic nitrogens is 3. The molecular weight excluding hydrogens is 423 g/mol. The molecule has 0 aliphatic heterocycles. The number of benzene rings is 2. The first-order valence-electron chi connectivity index (χ1n) is 10.8. The van der Waals surface area contributed by atoms with E-state index in [4.69, 9.17) is 4.74 Å². The molecule has 7 nitrogen and oxygen atoms in total. The highest BCUT2D eigenvalue weighted by molar-refractivity contribution is 5.76. The van der Waals surface area contributed by atoms with Crippen LogP contribution >= 0.6 is 0 Å². The van der Waals surface area contributed by atoms with Crippen LogP contribution in [-0.4, -0.2) is 26.7 Å². The van der Waals surface area contributed by atoms with Gasteiger partial charge in [-0.3, -0.25) is 9.59 Å². The molecule has 4 rings (SSSR count). The molecule has 0 radical (unpaired) electrons. The Kier molecular flexibility index (Phi) is 6.53. The van der Waals surface area contributed by atoms with Gasteiger partial charge in [-0.2, -0.15) is 5.10 Å². The van der Waals surface area contributed by atoms with Crippen LogP contribution < -0.4 is 15.6 Å². The number of nitrogens with one attached hydrogen (secondary N) is 1. The number of carbonyl (C=O) groups excluding carboxylic acids is 1. The predicted molar refractivity (Wildman–Crippen MR) is 124 cm³/mol. The Hall–Kier alpha value is -3.94. The number of fused-ring (bicyclic) bond motifs is 1. The molecule has 1 atom stereocenters. The van der Waals surface area contributed by atoms with Gasteiger partial charge in [0.15, 0.2) is 0 Å². The van der Waals surface area contributed by atoms with Crippen molar-refractivity contribution in [3.8, 4) is 17.0 Å². The summed E-state index contributed by atoms with van der Waals surface area (Å²) < 4.78 is 21.6. The van der Waals surface area contributed by atoms with E-state index in [0.29, 0.717) is 17.8 Å². The van der Waals surface area contributed by atoms with Crippen LogP contribution in [-0.2, 0) is 11.3 Å². The number of hydrogen-bond acceptors (Lipinski definition) is 4. The quantitative estimate of drug-likeness (QED) is 0.443. The van der Waals surface area contributed by atoms with Gasteiger partial charge in [-0.1, -0.05) is 12.1 Å². The fourth-order valence-corrected chi connectivity index (χ4v) is 3.60. The maximum absolute atomic E-state index is 13.1. The number of amides is 1. The minimum atomic E-state index is -0.322. The van der Waals surface area contributed by atoms with Crippen LogP contribution in [0.25, 0.3) is 16.8 Å². The number of nitrogens with zero attached hydrogens (tertiary/aromatic N) is 3. The van der Waals surface area contributed by atoms with Gasteiger partial charge >= 0.3 is 0 Å². The maximum Gasteiger partial charge on any atom is 0.276 e. The van der Waals surface area contributed by atoms with Crippen molar-refractivity contribution in [2.45, 2.75) is 32.9 Å². The second-order valence-electron chi connectivity index (χ2n) is 7.70. The molecule has 2 aromatic carbocycles. The summed E-state index contributed by atoms with van der Waals surface area (Å²) in [5.41, 5.74) is 2.58. The Morgan fingerprint density at radius 3 is 2.55 bits per heavy atom. The van der Waals surface area contributed by atoms with E-state index < -0.39 is 0 Å². The fraction of sp³-hybridized carbons (Fsp3) is 0.240. The summed E-state index contributed by atoms with van der Waals surface area (Å²) >= 11 is 0. The van der Waals surface area contributed by atoms with Gasteiger partial charge in [0.25, 0.3) is 5.56 Å². The number of halogens is 1. The highest BCUT2D eigenvalue weighted by Gasteiger charge is 2.12. The number of rotatable bonds is 8. The Morgan fingerprint density at radius 2 is 1.85 bits per heavy atom. The van der Waals surface area contributed by atoms with E-state index >= 15 is 0 Å². The molecule has 0 aliphatic carbocycles. The van der Waals surface area contributed by atoms with Crippen molar-refractivity contribution in [1.82, 2.24) is 19.5 Å². The standard InChI is InChI=1S/C25H25FN4O3/c1-3-33-21-10-6-19(7-11-21)22-16-23-25(32)29(14-15-30(23)28-22)13-12-24(31)27-17(2)18-4-8-20(26)9-5-18/h4-11,14-17H,3,12-13H2,1-2H3,(H,27,31)/t17-/m1/s1. The van der Waals surface area contributed by atoms with Gasteiger partial charge in [-0.05, 0) is 61.9 Å². The van der Waals surface area contributed by atoms with E-state index in [1.54, 1.807) is 35.1 Å². The lowest BCUT2D eigenvalue weighted by Gasteiger charge is -2.14. The molecule has 0 saturated heterocycles. The third-order valence-corrected chi connectivity index (χ3v) is 5.39. The lowest BCUT2D eigenvalue weighted by atomic mass is 10.1. The van der Waals surface area contributed by atoms with Crippen LogP contribution in [0, 0.1) is 5.82 Å². The lowest BCUT2D eigenvalue weighted by Crippen LogP contribution is -2.29. The van der Waals surface area contributed by atoms with Gasteiger partial charge in [0.1, 0.15) is 17.1 Å². The predicted octanol–water partition coefficient (Wildman–Crippen LogP) is 3.97. The molecule has 2 heterocycles. The van der Waals surface area contributed by atoms with Crippen molar-refractivity contribution in [3.05, 3.63) is 88.7 Å². The highest BCUT2D eigenvalue weighted by Crippen LogP contribution is 2.22. The molecule has 2 aromatic heterocycles. The van der Waals surface area contributed by atoms with Gasteiger partial charge in [0, 0.05) is 30.9 Å². The van der Waals surface area contributed by atoms with Crippen LogP contribution in [0.15, 0.2) is 71.8 Å². The van der Waals surface area contributed by atoms with Crippen molar-refractivity contribution in [1.29, 1.82) is 0 Å². The SMILES string of the molecule is CCOc1ccc(-c2cc3c(=O)n(CCC(=O)N[C@H](C)c4ccc(F)cc4)ccn3n2)cc1.